The minimum Gasteiger partial charge on any atom is -0.475 e. The standard InChI is InChI=1S/C4H9BrN2O.C2HF3O2/c5-3-4(8)7-2-1-6;3-2(4,5)1(6)7/h1-3,6H2,(H,7,8);(H,6,7). The van der Waals surface area contributed by atoms with Gasteiger partial charge >= 0.3 is 12.1 Å². The number of rotatable bonds is 3. The van der Waals surface area contributed by atoms with Crippen LogP contribution in [0.4, 0.5) is 13.2 Å². The Morgan fingerprint density at radius 3 is 2.00 bits per heavy atom. The average molecular weight is 295 g/mol. The van der Waals surface area contributed by atoms with Crippen molar-refractivity contribution in [3.8, 4) is 0 Å². The van der Waals surface area contributed by atoms with E-state index in [1.165, 1.54) is 0 Å². The number of nitrogens with two attached hydrogens (primary N) is 1. The summed E-state index contributed by atoms with van der Waals surface area (Å²) in [5.74, 6) is -2.78. The lowest BCUT2D eigenvalue weighted by Gasteiger charge is -1.96. The molecule has 0 aliphatic carbocycles. The van der Waals surface area contributed by atoms with Crippen LogP contribution in [-0.4, -0.2) is 41.6 Å². The number of carboxylic acid groups (broad SMARTS) is 1. The van der Waals surface area contributed by atoms with Gasteiger partial charge in [0.05, 0.1) is 5.33 Å². The summed E-state index contributed by atoms with van der Waals surface area (Å²) in [5.41, 5.74) is 5.10. The van der Waals surface area contributed by atoms with E-state index in [4.69, 9.17) is 15.6 Å². The Hall–Kier alpha value is -0.830. The predicted octanol–water partition coefficient (Wildman–Crippen LogP) is 0.0895. The molecular formula is C6H10BrF3N2O3. The number of alkyl halides is 4. The van der Waals surface area contributed by atoms with Gasteiger partial charge in [0, 0.05) is 13.1 Å². The number of hydrogen-bond donors (Lipinski definition) is 3. The summed E-state index contributed by atoms with van der Waals surface area (Å²) in [6.45, 7) is 1.06. The molecule has 0 heterocycles. The van der Waals surface area contributed by atoms with Crippen molar-refractivity contribution < 1.29 is 27.9 Å². The molecule has 0 radical (unpaired) electrons. The van der Waals surface area contributed by atoms with Gasteiger partial charge in [-0.15, -0.1) is 0 Å². The summed E-state index contributed by atoms with van der Waals surface area (Å²) < 4.78 is 31.7. The monoisotopic (exact) mass is 294 g/mol. The fourth-order valence-corrected chi connectivity index (χ4v) is 0.457. The van der Waals surface area contributed by atoms with E-state index in [-0.39, 0.29) is 5.91 Å². The number of carboxylic acids is 1. The van der Waals surface area contributed by atoms with E-state index >= 15 is 0 Å². The molecule has 0 saturated carbocycles. The zero-order chi connectivity index (χ0) is 12.5. The summed E-state index contributed by atoms with van der Waals surface area (Å²) in [6, 6.07) is 0. The molecule has 0 aromatic rings. The van der Waals surface area contributed by atoms with E-state index in [2.05, 4.69) is 21.2 Å². The van der Waals surface area contributed by atoms with Crippen molar-refractivity contribution in [3.63, 3.8) is 0 Å². The molecular weight excluding hydrogens is 285 g/mol. The minimum atomic E-state index is -5.08. The third-order valence-corrected chi connectivity index (χ3v) is 1.34. The molecule has 0 rings (SSSR count). The fourth-order valence-electron chi connectivity index (χ4n) is 0.259. The molecule has 0 aromatic carbocycles. The topological polar surface area (TPSA) is 92.4 Å². The van der Waals surface area contributed by atoms with E-state index in [1.807, 2.05) is 0 Å². The smallest absolute Gasteiger partial charge is 0.475 e. The number of nitrogens with one attached hydrogen (secondary N) is 1. The van der Waals surface area contributed by atoms with E-state index in [9.17, 15) is 18.0 Å². The first-order chi connectivity index (χ1) is 6.75. The van der Waals surface area contributed by atoms with Gasteiger partial charge in [0.1, 0.15) is 0 Å². The number of hydrogen-bond acceptors (Lipinski definition) is 3. The molecule has 5 nitrogen and oxygen atoms in total. The molecule has 0 bridgehead atoms. The van der Waals surface area contributed by atoms with Crippen LogP contribution in [0.3, 0.4) is 0 Å². The van der Waals surface area contributed by atoms with Crippen LogP contribution in [0.2, 0.25) is 0 Å². The highest BCUT2D eigenvalue weighted by atomic mass is 79.9. The zero-order valence-electron chi connectivity index (χ0n) is 7.47. The van der Waals surface area contributed by atoms with Gasteiger partial charge in [-0.1, -0.05) is 15.9 Å². The van der Waals surface area contributed by atoms with Gasteiger partial charge in [0.2, 0.25) is 5.91 Å². The lowest BCUT2D eigenvalue weighted by atomic mass is 10.6. The molecule has 15 heavy (non-hydrogen) atoms. The maximum atomic E-state index is 10.6. The molecule has 0 atom stereocenters. The van der Waals surface area contributed by atoms with Crippen molar-refractivity contribution in [2.75, 3.05) is 18.4 Å². The maximum absolute atomic E-state index is 10.6. The van der Waals surface area contributed by atoms with Crippen LogP contribution in [0, 0.1) is 0 Å². The largest absolute Gasteiger partial charge is 0.490 e. The zero-order valence-corrected chi connectivity index (χ0v) is 9.06. The Bertz CT molecular complexity index is 210. The highest BCUT2D eigenvalue weighted by molar-refractivity contribution is 9.09. The van der Waals surface area contributed by atoms with Crippen LogP contribution in [0.5, 0.6) is 0 Å². The Balaban J connectivity index is 0. The molecule has 0 saturated heterocycles. The molecule has 0 spiro atoms. The van der Waals surface area contributed by atoms with Gasteiger partial charge in [-0.25, -0.2) is 4.79 Å². The Morgan fingerprint density at radius 1 is 1.40 bits per heavy atom. The van der Waals surface area contributed by atoms with Crippen LogP contribution in [0.15, 0.2) is 0 Å². The number of carbonyl (C=O) groups excluding carboxylic acids is 1. The molecule has 0 aliphatic heterocycles. The van der Waals surface area contributed by atoms with E-state index in [1.54, 1.807) is 0 Å². The van der Waals surface area contributed by atoms with E-state index in [0.717, 1.165) is 0 Å². The summed E-state index contributed by atoms with van der Waals surface area (Å²) in [7, 11) is 0. The number of aliphatic carboxylic acids is 1. The first-order valence-corrected chi connectivity index (χ1v) is 4.70. The van der Waals surface area contributed by atoms with Crippen LogP contribution in [-0.2, 0) is 9.59 Å². The summed E-state index contributed by atoms with van der Waals surface area (Å²) in [6.07, 6.45) is -5.08. The van der Waals surface area contributed by atoms with Gasteiger partial charge in [0.15, 0.2) is 0 Å². The van der Waals surface area contributed by atoms with Crippen LogP contribution >= 0.6 is 15.9 Å². The SMILES string of the molecule is NCCNC(=O)CBr.O=C(O)C(F)(F)F. The molecule has 90 valence electrons. The minimum absolute atomic E-state index is 0.0181. The second kappa shape index (κ2) is 8.48. The Kier molecular flexibility index (Phi) is 9.38. The second-order valence-corrected chi connectivity index (χ2v) is 2.64. The number of halogens is 4. The van der Waals surface area contributed by atoms with Crippen molar-refractivity contribution in [1.29, 1.82) is 0 Å². The lowest BCUT2D eigenvalue weighted by Crippen LogP contribution is -2.29. The average Bonchev–Trinajstić information content (AvgIpc) is 2.13. The highest BCUT2D eigenvalue weighted by Crippen LogP contribution is 2.13. The molecule has 1 amide bonds. The van der Waals surface area contributed by atoms with Crippen LogP contribution in [0.25, 0.3) is 0 Å². The first-order valence-electron chi connectivity index (χ1n) is 3.58. The molecule has 0 aliphatic rings. The van der Waals surface area contributed by atoms with E-state index in [0.29, 0.717) is 18.4 Å². The second-order valence-electron chi connectivity index (χ2n) is 2.08. The van der Waals surface area contributed by atoms with Crippen LogP contribution < -0.4 is 11.1 Å². The Labute approximate surface area is 91.9 Å². The molecule has 0 fully saturated rings. The third kappa shape index (κ3) is 13.2. The summed E-state index contributed by atoms with van der Waals surface area (Å²) in [4.78, 5) is 19.3. The van der Waals surface area contributed by atoms with Gasteiger partial charge in [-0.2, -0.15) is 13.2 Å². The fraction of sp³-hybridized carbons (Fsp3) is 0.667. The normalized spacial score (nSPS) is 9.93. The number of carbonyl (C=O) groups is 2. The van der Waals surface area contributed by atoms with Gasteiger partial charge in [0.25, 0.3) is 0 Å². The molecule has 0 unspecified atom stereocenters. The third-order valence-electron chi connectivity index (χ3n) is 0.830. The molecule has 0 aromatic heterocycles. The van der Waals surface area contributed by atoms with Crippen molar-refractivity contribution in [1.82, 2.24) is 5.32 Å². The van der Waals surface area contributed by atoms with Gasteiger partial charge in [-0.3, -0.25) is 4.79 Å². The Morgan fingerprint density at radius 2 is 1.80 bits per heavy atom. The van der Waals surface area contributed by atoms with Gasteiger partial charge < -0.3 is 16.2 Å². The van der Waals surface area contributed by atoms with Crippen molar-refractivity contribution >= 4 is 27.8 Å². The van der Waals surface area contributed by atoms with E-state index < -0.39 is 12.1 Å². The number of amides is 1. The lowest BCUT2D eigenvalue weighted by molar-refractivity contribution is -0.192. The summed E-state index contributed by atoms with van der Waals surface area (Å²) >= 11 is 2.99. The maximum Gasteiger partial charge on any atom is 0.490 e. The first kappa shape index (κ1) is 16.6. The van der Waals surface area contributed by atoms with Crippen molar-refractivity contribution in [2.45, 2.75) is 6.18 Å². The molecule has 4 N–H and O–H groups in total. The van der Waals surface area contributed by atoms with Crippen LogP contribution in [0.1, 0.15) is 0 Å². The predicted molar refractivity (Wildman–Crippen MR) is 49.5 cm³/mol. The van der Waals surface area contributed by atoms with Crippen molar-refractivity contribution in [2.24, 2.45) is 5.73 Å². The van der Waals surface area contributed by atoms with Crippen molar-refractivity contribution in [3.05, 3.63) is 0 Å². The van der Waals surface area contributed by atoms with Gasteiger partial charge in [-0.05, 0) is 0 Å². The quantitative estimate of drug-likeness (QED) is 0.643. The summed E-state index contributed by atoms with van der Waals surface area (Å²) in [5, 5.41) is 10.1. The molecule has 9 heteroatoms. The highest BCUT2D eigenvalue weighted by Gasteiger charge is 2.38.